The lowest BCUT2D eigenvalue weighted by Gasteiger charge is -2.08. The summed E-state index contributed by atoms with van der Waals surface area (Å²) in [7, 11) is 0. The zero-order valence-electron chi connectivity index (χ0n) is 11.4. The van der Waals surface area contributed by atoms with Gasteiger partial charge in [-0.05, 0) is 31.9 Å². The number of carbonyl (C=O) groups is 2. The zero-order valence-corrected chi connectivity index (χ0v) is 16.2. The van der Waals surface area contributed by atoms with Gasteiger partial charge in [-0.25, -0.2) is 9.59 Å². The fourth-order valence-electron chi connectivity index (χ4n) is 1.62. The molecule has 124 valence electrons. The van der Waals surface area contributed by atoms with Gasteiger partial charge in [0.25, 0.3) is 0 Å². The predicted molar refractivity (Wildman–Crippen MR) is 93.6 cm³/mol. The molecule has 2 N–H and O–H groups in total. The summed E-state index contributed by atoms with van der Waals surface area (Å²) >= 11 is 8.64. The Morgan fingerprint density at radius 2 is 1.30 bits per heavy atom. The van der Waals surface area contributed by atoms with E-state index < -0.39 is 11.9 Å². The molecular weight excluding hydrogens is 476 g/mol. The lowest BCUT2D eigenvalue weighted by Crippen LogP contribution is -2.08. The van der Waals surface area contributed by atoms with Crippen molar-refractivity contribution in [2.24, 2.45) is 0 Å². The maximum atomic E-state index is 11.0. The smallest absolute Gasteiger partial charge is 0.349 e. The van der Waals surface area contributed by atoms with E-state index in [-0.39, 0.29) is 23.0 Å². The summed E-state index contributed by atoms with van der Waals surface area (Å²) in [6.07, 6.45) is 0.475. The Kier molecular flexibility index (Phi) is 6.45. The molecule has 0 fully saturated rings. The van der Waals surface area contributed by atoms with Crippen LogP contribution in [0.2, 0.25) is 0 Å². The van der Waals surface area contributed by atoms with Gasteiger partial charge in [-0.3, -0.25) is 0 Å². The first-order valence-electron chi connectivity index (χ1n) is 6.18. The van der Waals surface area contributed by atoms with Crippen molar-refractivity contribution in [2.75, 3.05) is 13.2 Å². The summed E-state index contributed by atoms with van der Waals surface area (Å²) in [6, 6.07) is 0. The molecule has 0 unspecified atom stereocenters. The third-order valence-electron chi connectivity index (χ3n) is 2.58. The van der Waals surface area contributed by atoms with Gasteiger partial charge >= 0.3 is 11.9 Å². The maximum absolute atomic E-state index is 11.0. The molecular formula is C13H10Br2O6S2. The van der Waals surface area contributed by atoms with E-state index in [1.54, 1.807) is 10.8 Å². The molecule has 0 aliphatic carbocycles. The third-order valence-corrected chi connectivity index (χ3v) is 6.26. The van der Waals surface area contributed by atoms with Crippen molar-refractivity contribution < 1.29 is 29.3 Å². The molecule has 6 nitrogen and oxygen atoms in total. The van der Waals surface area contributed by atoms with Gasteiger partial charge in [0.05, 0.1) is 22.2 Å². The van der Waals surface area contributed by atoms with Crippen LogP contribution in [0.15, 0.2) is 19.7 Å². The first-order chi connectivity index (χ1) is 10.9. The first-order valence-corrected chi connectivity index (χ1v) is 9.52. The van der Waals surface area contributed by atoms with E-state index in [0.29, 0.717) is 26.9 Å². The molecule has 2 aromatic rings. The highest BCUT2D eigenvalue weighted by Gasteiger charge is 2.19. The minimum atomic E-state index is -1.04. The van der Waals surface area contributed by atoms with Crippen LogP contribution in [0.5, 0.6) is 11.5 Å². The van der Waals surface area contributed by atoms with Gasteiger partial charge in [-0.2, -0.15) is 0 Å². The van der Waals surface area contributed by atoms with Crippen LogP contribution in [0.1, 0.15) is 25.8 Å². The van der Waals surface area contributed by atoms with Gasteiger partial charge in [0.1, 0.15) is 0 Å². The molecule has 10 heteroatoms. The van der Waals surface area contributed by atoms with Crippen molar-refractivity contribution in [3.63, 3.8) is 0 Å². The fraction of sp³-hybridized carbons (Fsp3) is 0.231. The third kappa shape index (κ3) is 4.46. The maximum Gasteiger partial charge on any atom is 0.349 e. The summed E-state index contributed by atoms with van der Waals surface area (Å²) in [4.78, 5) is 22.3. The van der Waals surface area contributed by atoms with Crippen LogP contribution in [-0.2, 0) is 0 Å². The Hall–Kier alpha value is -1.10. The van der Waals surface area contributed by atoms with Crippen LogP contribution in [0.4, 0.5) is 0 Å². The standard InChI is InChI=1S/C13H10Br2O6S2/c14-6-4-22-10(12(16)17)8(6)20-2-1-3-21-9-7(15)5-23-11(9)13(18)19/h4-5H,1-3H2,(H,16,17)(H,18,19). The van der Waals surface area contributed by atoms with Gasteiger partial charge in [0, 0.05) is 17.2 Å². The summed E-state index contributed by atoms with van der Waals surface area (Å²) < 4.78 is 12.1. The molecule has 0 aliphatic heterocycles. The van der Waals surface area contributed by atoms with Crippen LogP contribution < -0.4 is 9.47 Å². The first kappa shape index (κ1) is 18.2. The van der Waals surface area contributed by atoms with Crippen molar-refractivity contribution in [3.05, 3.63) is 29.5 Å². The van der Waals surface area contributed by atoms with Gasteiger partial charge in [0.2, 0.25) is 0 Å². The second-order valence-electron chi connectivity index (χ2n) is 4.14. The Labute approximate surface area is 155 Å². The molecule has 0 saturated carbocycles. The fourth-order valence-corrected chi connectivity index (χ4v) is 4.48. The van der Waals surface area contributed by atoms with Crippen molar-refractivity contribution in [1.29, 1.82) is 0 Å². The van der Waals surface area contributed by atoms with E-state index in [1.165, 1.54) is 0 Å². The normalized spacial score (nSPS) is 10.5. The van der Waals surface area contributed by atoms with Crippen molar-refractivity contribution in [2.45, 2.75) is 6.42 Å². The molecule has 0 amide bonds. The summed E-state index contributed by atoms with van der Waals surface area (Å²) in [6.45, 7) is 0.500. The summed E-state index contributed by atoms with van der Waals surface area (Å²) in [5.74, 6) is -1.49. The Morgan fingerprint density at radius 1 is 0.913 bits per heavy atom. The number of halogens is 2. The highest BCUT2D eigenvalue weighted by molar-refractivity contribution is 9.11. The molecule has 23 heavy (non-hydrogen) atoms. The SMILES string of the molecule is O=C(O)c1scc(Br)c1OCCCOc1c(Br)csc1C(=O)O. The highest BCUT2D eigenvalue weighted by atomic mass is 79.9. The van der Waals surface area contributed by atoms with Gasteiger partial charge in [-0.1, -0.05) is 0 Å². The van der Waals surface area contributed by atoms with Gasteiger partial charge in [0.15, 0.2) is 21.3 Å². The summed E-state index contributed by atoms with van der Waals surface area (Å²) in [5.41, 5.74) is 0. The molecule has 0 atom stereocenters. The van der Waals surface area contributed by atoms with E-state index in [0.717, 1.165) is 22.7 Å². The molecule has 0 aromatic carbocycles. The van der Waals surface area contributed by atoms with Crippen LogP contribution in [0.3, 0.4) is 0 Å². The number of hydrogen-bond acceptors (Lipinski definition) is 6. The second-order valence-corrected chi connectivity index (χ2v) is 7.61. The Morgan fingerprint density at radius 3 is 1.65 bits per heavy atom. The van der Waals surface area contributed by atoms with E-state index in [1.807, 2.05) is 0 Å². The van der Waals surface area contributed by atoms with E-state index in [9.17, 15) is 9.59 Å². The summed E-state index contributed by atoms with van der Waals surface area (Å²) in [5, 5.41) is 21.4. The van der Waals surface area contributed by atoms with Gasteiger partial charge in [-0.15, -0.1) is 22.7 Å². The lowest BCUT2D eigenvalue weighted by molar-refractivity contribution is 0.0687. The van der Waals surface area contributed by atoms with Crippen molar-refractivity contribution in [3.8, 4) is 11.5 Å². The average Bonchev–Trinajstić information content (AvgIpc) is 3.03. The minimum Gasteiger partial charge on any atom is -0.490 e. The highest BCUT2D eigenvalue weighted by Crippen LogP contribution is 2.36. The van der Waals surface area contributed by atoms with Crippen LogP contribution >= 0.6 is 54.5 Å². The van der Waals surface area contributed by atoms with Crippen LogP contribution in [0.25, 0.3) is 0 Å². The number of carboxylic acids is 2. The van der Waals surface area contributed by atoms with E-state index in [2.05, 4.69) is 31.9 Å². The number of thiophene rings is 2. The van der Waals surface area contributed by atoms with Crippen LogP contribution in [-0.4, -0.2) is 35.4 Å². The lowest BCUT2D eigenvalue weighted by atomic mass is 10.4. The average molecular weight is 486 g/mol. The van der Waals surface area contributed by atoms with E-state index >= 15 is 0 Å². The Bertz CT molecular complexity index is 664. The number of hydrogen-bond donors (Lipinski definition) is 2. The minimum absolute atomic E-state index is 0.131. The molecule has 2 heterocycles. The molecule has 0 aliphatic rings. The molecule has 0 bridgehead atoms. The zero-order chi connectivity index (χ0) is 17.0. The molecule has 2 rings (SSSR count). The quantitative estimate of drug-likeness (QED) is 0.531. The Balaban J connectivity index is 1.85. The predicted octanol–water partition coefficient (Wildman–Crippen LogP) is 4.58. The molecule has 0 saturated heterocycles. The topological polar surface area (TPSA) is 93.1 Å². The second kappa shape index (κ2) is 8.13. The number of carboxylic acid groups (broad SMARTS) is 2. The largest absolute Gasteiger partial charge is 0.490 e. The van der Waals surface area contributed by atoms with Crippen LogP contribution in [0, 0.1) is 0 Å². The molecule has 0 radical (unpaired) electrons. The molecule has 0 spiro atoms. The van der Waals surface area contributed by atoms with Gasteiger partial charge < -0.3 is 19.7 Å². The van der Waals surface area contributed by atoms with Crippen molar-refractivity contribution >= 4 is 66.5 Å². The molecule has 2 aromatic heterocycles. The number of rotatable bonds is 8. The van der Waals surface area contributed by atoms with Crippen molar-refractivity contribution in [1.82, 2.24) is 0 Å². The van der Waals surface area contributed by atoms with E-state index in [4.69, 9.17) is 19.7 Å². The number of aromatic carboxylic acids is 2. The number of ether oxygens (including phenoxy) is 2. The monoisotopic (exact) mass is 484 g/mol.